The Hall–Kier alpha value is -0.710. The highest BCUT2D eigenvalue weighted by molar-refractivity contribution is 8.00. The van der Waals surface area contributed by atoms with Crippen molar-refractivity contribution < 1.29 is 9.59 Å². The van der Waals surface area contributed by atoms with Gasteiger partial charge in [0.25, 0.3) is 0 Å². The van der Waals surface area contributed by atoms with Crippen molar-refractivity contribution in [2.24, 2.45) is 5.92 Å². The summed E-state index contributed by atoms with van der Waals surface area (Å²) in [6.45, 7) is 7.97. The normalized spacial score (nSPS) is 22.9. The maximum atomic E-state index is 12.3. The van der Waals surface area contributed by atoms with Crippen LogP contribution in [0.2, 0.25) is 0 Å². The molecule has 2 fully saturated rings. The van der Waals surface area contributed by atoms with E-state index in [-0.39, 0.29) is 22.6 Å². The number of likely N-dealkylation sites (tertiary alicyclic amines) is 1. The second kappa shape index (κ2) is 5.11. The van der Waals surface area contributed by atoms with Crippen LogP contribution in [0.25, 0.3) is 0 Å². The molecule has 0 aromatic carbocycles. The van der Waals surface area contributed by atoms with Crippen LogP contribution in [0.4, 0.5) is 0 Å². The van der Waals surface area contributed by atoms with E-state index in [1.807, 2.05) is 30.5 Å². The van der Waals surface area contributed by atoms with Crippen LogP contribution in [0.3, 0.4) is 0 Å². The Morgan fingerprint density at radius 1 is 1.17 bits per heavy atom. The van der Waals surface area contributed by atoms with Gasteiger partial charge in [-0.25, -0.2) is 0 Å². The van der Waals surface area contributed by atoms with E-state index in [9.17, 15) is 9.59 Å². The Morgan fingerprint density at radius 2 is 1.78 bits per heavy atom. The van der Waals surface area contributed by atoms with Gasteiger partial charge in [-0.15, -0.1) is 11.8 Å². The molecule has 0 atom stereocenters. The molecule has 0 saturated carbocycles. The molecule has 2 rings (SSSR count). The lowest BCUT2D eigenvalue weighted by molar-refractivity contribution is -0.139. The van der Waals surface area contributed by atoms with Crippen LogP contribution in [0, 0.1) is 5.92 Å². The average Bonchev–Trinajstić information content (AvgIpc) is 2.72. The summed E-state index contributed by atoms with van der Waals surface area (Å²) < 4.78 is 0. The summed E-state index contributed by atoms with van der Waals surface area (Å²) in [7, 11) is 0. The number of thioether (sulfide) groups is 1. The molecule has 0 aliphatic carbocycles. The molecular formula is C13H22N2O2S. The maximum Gasteiger partial charge on any atom is 0.226 e. The molecule has 2 heterocycles. The van der Waals surface area contributed by atoms with Crippen LogP contribution < -0.4 is 0 Å². The van der Waals surface area contributed by atoms with E-state index in [4.69, 9.17) is 0 Å². The third-order valence-corrected chi connectivity index (χ3v) is 5.48. The predicted octanol–water partition coefficient (Wildman–Crippen LogP) is 1.56. The van der Waals surface area contributed by atoms with Gasteiger partial charge in [0.2, 0.25) is 11.8 Å². The van der Waals surface area contributed by atoms with Gasteiger partial charge >= 0.3 is 0 Å². The number of hydrogen-bond acceptors (Lipinski definition) is 3. The molecular weight excluding hydrogens is 248 g/mol. The van der Waals surface area contributed by atoms with Gasteiger partial charge in [0, 0.05) is 38.2 Å². The summed E-state index contributed by atoms with van der Waals surface area (Å²) in [4.78, 5) is 27.6. The highest BCUT2D eigenvalue weighted by Crippen LogP contribution is 2.44. The molecule has 5 heteroatoms. The second-order valence-electron chi connectivity index (χ2n) is 5.45. The Kier molecular flexibility index (Phi) is 3.90. The van der Waals surface area contributed by atoms with Crippen LogP contribution in [0.5, 0.6) is 0 Å². The largest absolute Gasteiger partial charge is 0.343 e. The lowest BCUT2D eigenvalue weighted by atomic mass is 10.0. The minimum atomic E-state index is -0.0344. The van der Waals surface area contributed by atoms with E-state index < -0.39 is 0 Å². The zero-order valence-electron chi connectivity index (χ0n) is 11.4. The fraction of sp³-hybridized carbons (Fsp3) is 0.846. The van der Waals surface area contributed by atoms with Crippen LogP contribution in [0.1, 0.15) is 33.6 Å². The minimum absolute atomic E-state index is 0.0344. The van der Waals surface area contributed by atoms with E-state index in [1.165, 1.54) is 0 Å². The number of rotatable bonds is 1. The zero-order valence-corrected chi connectivity index (χ0v) is 12.3. The van der Waals surface area contributed by atoms with Crippen LogP contribution in [-0.4, -0.2) is 51.9 Å². The highest BCUT2D eigenvalue weighted by atomic mass is 32.2. The number of amides is 2. The third kappa shape index (κ3) is 2.37. The predicted molar refractivity (Wildman–Crippen MR) is 73.2 cm³/mol. The van der Waals surface area contributed by atoms with Crippen molar-refractivity contribution in [1.82, 2.24) is 9.80 Å². The van der Waals surface area contributed by atoms with Crippen molar-refractivity contribution in [1.29, 1.82) is 0 Å². The monoisotopic (exact) mass is 270 g/mol. The Balaban J connectivity index is 2.07. The van der Waals surface area contributed by atoms with Crippen molar-refractivity contribution in [3.8, 4) is 0 Å². The molecule has 2 aliphatic rings. The number of nitrogens with zero attached hydrogens (tertiary/aromatic N) is 2. The molecule has 18 heavy (non-hydrogen) atoms. The minimum Gasteiger partial charge on any atom is -0.343 e. The van der Waals surface area contributed by atoms with E-state index in [0.29, 0.717) is 0 Å². The van der Waals surface area contributed by atoms with E-state index >= 15 is 0 Å². The molecule has 0 N–H and O–H groups in total. The van der Waals surface area contributed by atoms with Crippen LogP contribution >= 0.6 is 11.8 Å². The van der Waals surface area contributed by atoms with Crippen molar-refractivity contribution in [3.05, 3.63) is 0 Å². The molecule has 4 nitrogen and oxygen atoms in total. The summed E-state index contributed by atoms with van der Waals surface area (Å²) in [5.74, 6) is 1.50. The first-order valence-corrected chi connectivity index (χ1v) is 7.66. The fourth-order valence-corrected chi connectivity index (χ4v) is 4.28. The summed E-state index contributed by atoms with van der Waals surface area (Å²) >= 11 is 1.90. The molecule has 0 unspecified atom stereocenters. The molecule has 2 saturated heterocycles. The SMILES string of the molecule is CC(=O)N1CCC2(CC1)SCCN2C(=O)C(C)C. The van der Waals surface area contributed by atoms with E-state index in [1.54, 1.807) is 6.92 Å². The quantitative estimate of drug-likeness (QED) is 0.726. The van der Waals surface area contributed by atoms with Gasteiger partial charge in [-0.05, 0) is 12.8 Å². The van der Waals surface area contributed by atoms with Crippen LogP contribution in [-0.2, 0) is 9.59 Å². The zero-order chi connectivity index (χ0) is 13.3. The first-order valence-electron chi connectivity index (χ1n) is 6.67. The van der Waals surface area contributed by atoms with Gasteiger partial charge in [-0.1, -0.05) is 13.8 Å². The summed E-state index contributed by atoms with van der Waals surface area (Å²) in [5, 5.41) is 0. The van der Waals surface area contributed by atoms with Crippen molar-refractivity contribution in [2.75, 3.05) is 25.4 Å². The smallest absolute Gasteiger partial charge is 0.226 e. The topological polar surface area (TPSA) is 40.6 Å². The standard InChI is InChI=1S/C13H22N2O2S/c1-10(2)12(17)15-8-9-18-13(15)4-6-14(7-5-13)11(3)16/h10H,4-9H2,1-3H3. The molecule has 2 aliphatic heterocycles. The Morgan fingerprint density at radius 3 is 2.28 bits per heavy atom. The van der Waals surface area contributed by atoms with Crippen molar-refractivity contribution in [2.45, 2.75) is 38.5 Å². The average molecular weight is 270 g/mol. The van der Waals surface area contributed by atoms with Crippen LogP contribution in [0.15, 0.2) is 0 Å². The Labute approximate surface area is 113 Å². The molecule has 1 spiro atoms. The van der Waals surface area contributed by atoms with Gasteiger partial charge in [0.1, 0.15) is 0 Å². The molecule has 0 bridgehead atoms. The molecule has 0 aromatic heterocycles. The summed E-state index contributed by atoms with van der Waals surface area (Å²) in [6.07, 6.45) is 1.82. The lowest BCUT2D eigenvalue weighted by Gasteiger charge is -2.44. The number of piperidine rings is 1. The maximum absolute atomic E-state index is 12.3. The van der Waals surface area contributed by atoms with E-state index in [2.05, 4.69) is 4.90 Å². The van der Waals surface area contributed by atoms with Gasteiger partial charge in [0.15, 0.2) is 0 Å². The molecule has 0 aromatic rings. The first kappa shape index (κ1) is 13.7. The molecule has 102 valence electrons. The van der Waals surface area contributed by atoms with Gasteiger partial charge in [-0.3, -0.25) is 9.59 Å². The first-order chi connectivity index (χ1) is 8.46. The third-order valence-electron chi connectivity index (χ3n) is 3.93. The number of hydrogen-bond donors (Lipinski definition) is 0. The molecule has 0 radical (unpaired) electrons. The number of carbonyl (C=O) groups is 2. The van der Waals surface area contributed by atoms with Gasteiger partial charge < -0.3 is 9.80 Å². The Bertz CT molecular complexity index is 349. The lowest BCUT2D eigenvalue weighted by Crippen LogP contribution is -2.54. The summed E-state index contributed by atoms with van der Waals surface area (Å²) in [6, 6.07) is 0. The van der Waals surface area contributed by atoms with Crippen molar-refractivity contribution >= 4 is 23.6 Å². The second-order valence-corrected chi connectivity index (χ2v) is 6.90. The van der Waals surface area contributed by atoms with Gasteiger partial charge in [-0.2, -0.15) is 0 Å². The van der Waals surface area contributed by atoms with E-state index in [0.717, 1.165) is 38.2 Å². The van der Waals surface area contributed by atoms with Crippen molar-refractivity contribution in [3.63, 3.8) is 0 Å². The highest BCUT2D eigenvalue weighted by Gasteiger charge is 2.46. The fourth-order valence-electron chi connectivity index (χ4n) is 2.82. The number of carbonyl (C=O) groups excluding carboxylic acids is 2. The molecule has 2 amide bonds. The van der Waals surface area contributed by atoms with Gasteiger partial charge in [0.05, 0.1) is 4.87 Å². The summed E-state index contributed by atoms with van der Waals surface area (Å²) in [5.41, 5.74) is 0.